The van der Waals surface area contributed by atoms with Crippen LogP contribution < -0.4 is 10.6 Å². The second kappa shape index (κ2) is 7.41. The zero-order chi connectivity index (χ0) is 17.9. The molecular weight excluding hydrogens is 316 g/mol. The molecule has 2 fully saturated rings. The van der Waals surface area contributed by atoms with Gasteiger partial charge in [0.1, 0.15) is 6.54 Å². The fraction of sp³-hybridized carbons (Fsp3) is 0.667. The lowest BCUT2D eigenvalue weighted by molar-refractivity contribution is -0.145. The third-order valence-corrected chi connectivity index (χ3v) is 4.37. The van der Waals surface area contributed by atoms with Gasteiger partial charge in [-0.3, -0.25) is 24.6 Å². The molecular formula is C15H22N4O5. The van der Waals surface area contributed by atoms with Crippen LogP contribution in [-0.2, 0) is 14.4 Å². The Bertz CT molecular complexity index is 576. The predicted molar refractivity (Wildman–Crippen MR) is 82.6 cm³/mol. The highest BCUT2D eigenvalue weighted by molar-refractivity contribution is 6.45. The molecule has 9 heteroatoms. The van der Waals surface area contributed by atoms with Crippen LogP contribution in [0.3, 0.4) is 0 Å². The molecule has 0 spiro atoms. The number of nitrogens with zero attached hydrogens (tertiary/aromatic N) is 2. The Kier molecular flexibility index (Phi) is 5.53. The average molecular weight is 338 g/mol. The summed E-state index contributed by atoms with van der Waals surface area (Å²) in [6.07, 6.45) is 3.46. The van der Waals surface area contributed by atoms with E-state index in [-0.39, 0.29) is 12.0 Å². The summed E-state index contributed by atoms with van der Waals surface area (Å²) >= 11 is 0. The Balaban J connectivity index is 2.05. The van der Waals surface area contributed by atoms with Crippen LogP contribution in [0.25, 0.3) is 0 Å². The normalized spacial score (nSPS) is 24.3. The van der Waals surface area contributed by atoms with Crippen LogP contribution in [0, 0.1) is 5.92 Å². The largest absolute Gasteiger partial charge is 0.338 e. The number of carbonyl (C=O) groups excluding carboxylic acids is 5. The number of hydrogen-bond donors (Lipinski definition) is 2. The Morgan fingerprint density at radius 1 is 1.12 bits per heavy atom. The highest BCUT2D eigenvalue weighted by Gasteiger charge is 2.49. The van der Waals surface area contributed by atoms with Gasteiger partial charge in [0.05, 0.1) is 0 Å². The summed E-state index contributed by atoms with van der Waals surface area (Å²) in [7, 11) is 0. The summed E-state index contributed by atoms with van der Waals surface area (Å²) in [5, 5.41) is 4.36. The van der Waals surface area contributed by atoms with Crippen molar-refractivity contribution in [2.24, 2.45) is 5.92 Å². The van der Waals surface area contributed by atoms with Crippen molar-refractivity contribution in [2.45, 2.75) is 45.6 Å². The summed E-state index contributed by atoms with van der Waals surface area (Å²) in [6, 6.07) is -1.82. The third-order valence-electron chi connectivity index (χ3n) is 4.37. The van der Waals surface area contributed by atoms with E-state index in [1.54, 1.807) is 6.92 Å². The van der Waals surface area contributed by atoms with Gasteiger partial charge in [0.2, 0.25) is 5.91 Å². The summed E-state index contributed by atoms with van der Waals surface area (Å²) in [6.45, 7) is 3.30. The van der Waals surface area contributed by atoms with Crippen LogP contribution in [0.1, 0.15) is 39.5 Å². The molecule has 1 saturated heterocycles. The molecule has 2 atom stereocenters. The minimum atomic E-state index is -1.02. The van der Waals surface area contributed by atoms with E-state index in [0.29, 0.717) is 17.9 Å². The Hall–Kier alpha value is -2.45. The Morgan fingerprint density at radius 3 is 2.42 bits per heavy atom. The molecule has 2 rings (SSSR count). The van der Waals surface area contributed by atoms with Gasteiger partial charge >= 0.3 is 23.9 Å². The lowest BCUT2D eigenvalue weighted by atomic mass is 9.85. The molecule has 2 N–H and O–H groups in total. The monoisotopic (exact) mass is 338 g/mol. The van der Waals surface area contributed by atoms with Crippen LogP contribution in [0.4, 0.5) is 9.59 Å². The van der Waals surface area contributed by atoms with E-state index >= 15 is 0 Å². The van der Waals surface area contributed by atoms with Crippen molar-refractivity contribution < 1.29 is 24.0 Å². The topological polar surface area (TPSA) is 116 Å². The molecule has 24 heavy (non-hydrogen) atoms. The number of carbonyl (C=O) groups is 5. The molecule has 1 aliphatic carbocycles. The maximum Gasteiger partial charge on any atom is 0.334 e. The van der Waals surface area contributed by atoms with Crippen LogP contribution in [0.5, 0.6) is 0 Å². The van der Waals surface area contributed by atoms with Gasteiger partial charge in [0, 0.05) is 12.6 Å². The summed E-state index contributed by atoms with van der Waals surface area (Å²) < 4.78 is 0. The number of amides is 7. The van der Waals surface area contributed by atoms with Crippen LogP contribution >= 0.6 is 0 Å². The minimum absolute atomic E-state index is 0.114. The quantitative estimate of drug-likeness (QED) is 0.561. The first kappa shape index (κ1) is 17.9. The molecule has 132 valence electrons. The fourth-order valence-electron chi connectivity index (χ4n) is 3.15. The highest BCUT2D eigenvalue weighted by atomic mass is 16.2. The van der Waals surface area contributed by atoms with Crippen molar-refractivity contribution in [3.05, 3.63) is 0 Å². The molecule has 0 aromatic rings. The Labute approximate surface area is 139 Å². The number of hydrogen-bond acceptors (Lipinski definition) is 5. The first-order valence-corrected chi connectivity index (χ1v) is 8.13. The first-order chi connectivity index (χ1) is 11.4. The van der Waals surface area contributed by atoms with Gasteiger partial charge in [-0.1, -0.05) is 19.8 Å². The van der Waals surface area contributed by atoms with Crippen molar-refractivity contribution in [1.29, 1.82) is 0 Å². The second-order valence-corrected chi connectivity index (χ2v) is 6.09. The maximum absolute atomic E-state index is 12.4. The number of imide groups is 3. The van der Waals surface area contributed by atoms with Crippen LogP contribution in [0.2, 0.25) is 0 Å². The third kappa shape index (κ3) is 3.55. The number of urea groups is 2. The molecule has 0 aromatic carbocycles. The van der Waals surface area contributed by atoms with Gasteiger partial charge in [-0.05, 0) is 25.7 Å². The van der Waals surface area contributed by atoms with Gasteiger partial charge in [-0.25, -0.2) is 14.5 Å². The molecule has 0 unspecified atom stereocenters. The molecule has 0 radical (unpaired) electrons. The van der Waals surface area contributed by atoms with Crippen molar-refractivity contribution in [3.63, 3.8) is 0 Å². The summed E-state index contributed by atoms with van der Waals surface area (Å²) in [5.74, 6) is -2.63. The minimum Gasteiger partial charge on any atom is -0.338 e. The summed E-state index contributed by atoms with van der Waals surface area (Å²) in [5.41, 5.74) is 0. The molecule has 1 saturated carbocycles. The Morgan fingerprint density at radius 2 is 1.79 bits per heavy atom. The van der Waals surface area contributed by atoms with Crippen LogP contribution in [-0.4, -0.2) is 58.7 Å². The maximum atomic E-state index is 12.4. The SMILES string of the molecule is CCNC(=O)NC(=O)CN1C(=O)C(=O)N([C@@H]2CCCC[C@H]2C)C1=O. The molecule has 1 heterocycles. The smallest absolute Gasteiger partial charge is 0.334 e. The van der Waals surface area contributed by atoms with Crippen LogP contribution in [0.15, 0.2) is 0 Å². The molecule has 7 amide bonds. The number of nitrogens with one attached hydrogen (secondary N) is 2. The van der Waals surface area contributed by atoms with E-state index in [0.717, 1.165) is 24.2 Å². The molecule has 2 aliphatic rings. The van der Waals surface area contributed by atoms with Gasteiger partial charge in [-0.2, -0.15) is 0 Å². The van der Waals surface area contributed by atoms with E-state index in [9.17, 15) is 24.0 Å². The van der Waals surface area contributed by atoms with E-state index < -0.39 is 36.3 Å². The second-order valence-electron chi connectivity index (χ2n) is 6.09. The lowest BCUT2D eigenvalue weighted by Gasteiger charge is -2.34. The van der Waals surface area contributed by atoms with Crippen molar-refractivity contribution in [1.82, 2.24) is 20.4 Å². The molecule has 0 aromatic heterocycles. The van der Waals surface area contributed by atoms with Crippen molar-refractivity contribution in [2.75, 3.05) is 13.1 Å². The van der Waals surface area contributed by atoms with E-state index in [1.807, 2.05) is 12.2 Å². The van der Waals surface area contributed by atoms with Gasteiger partial charge in [0.15, 0.2) is 0 Å². The van der Waals surface area contributed by atoms with E-state index in [4.69, 9.17) is 0 Å². The van der Waals surface area contributed by atoms with Gasteiger partial charge in [0.25, 0.3) is 0 Å². The van der Waals surface area contributed by atoms with E-state index in [1.165, 1.54) is 0 Å². The van der Waals surface area contributed by atoms with Gasteiger partial charge in [-0.15, -0.1) is 0 Å². The van der Waals surface area contributed by atoms with Gasteiger partial charge < -0.3 is 5.32 Å². The zero-order valence-electron chi connectivity index (χ0n) is 13.8. The zero-order valence-corrected chi connectivity index (χ0v) is 13.8. The highest BCUT2D eigenvalue weighted by Crippen LogP contribution is 2.31. The number of rotatable bonds is 4. The van der Waals surface area contributed by atoms with E-state index in [2.05, 4.69) is 5.32 Å². The van der Waals surface area contributed by atoms with Crippen molar-refractivity contribution in [3.8, 4) is 0 Å². The lowest BCUT2D eigenvalue weighted by Crippen LogP contribution is -2.48. The first-order valence-electron chi connectivity index (χ1n) is 8.13. The average Bonchev–Trinajstić information content (AvgIpc) is 2.72. The molecule has 1 aliphatic heterocycles. The standard InChI is InChI=1S/C15H22N4O5/c1-3-16-14(23)17-11(20)8-18-12(21)13(22)19(15(18)24)10-7-5-4-6-9(10)2/h9-10H,3-8H2,1-2H3,(H2,16,17,20,23)/t9-,10-/m1/s1. The fourth-order valence-corrected chi connectivity index (χ4v) is 3.15. The van der Waals surface area contributed by atoms with Crippen molar-refractivity contribution >= 4 is 29.8 Å². The predicted octanol–water partition coefficient (Wildman–Crippen LogP) is 0.202. The molecule has 0 bridgehead atoms. The summed E-state index contributed by atoms with van der Waals surface area (Å²) in [4.78, 5) is 61.3. The molecule has 9 nitrogen and oxygen atoms in total.